The van der Waals surface area contributed by atoms with E-state index < -0.39 is 0 Å². The molecule has 1 radical (unpaired) electrons. The van der Waals surface area contributed by atoms with Gasteiger partial charge in [-0.2, -0.15) is 0 Å². The summed E-state index contributed by atoms with van der Waals surface area (Å²) in [6.45, 7) is 6.71. The fourth-order valence-corrected chi connectivity index (χ4v) is 2.62. The Morgan fingerprint density at radius 1 is 1.07 bits per heavy atom. The lowest BCUT2D eigenvalue weighted by Crippen LogP contribution is -2.06. The van der Waals surface area contributed by atoms with Crippen LogP contribution in [0.1, 0.15) is 20.8 Å². The lowest BCUT2D eigenvalue weighted by atomic mass is 10.1. The Kier molecular flexibility index (Phi) is 2.74. The van der Waals surface area contributed by atoms with Crippen molar-refractivity contribution < 1.29 is 0 Å². The van der Waals surface area contributed by atoms with Gasteiger partial charge in [0.25, 0.3) is 0 Å². The second-order valence-electron chi connectivity index (χ2n) is 4.60. The summed E-state index contributed by atoms with van der Waals surface area (Å²) in [5, 5.41) is 2.51. The molecule has 0 aliphatic rings. The smallest absolute Gasteiger partial charge is 0.0162 e. The van der Waals surface area contributed by atoms with E-state index in [1.54, 1.807) is 0 Å². The SMILES string of the molecule is CC(C)(C)Sc1cccc2ccc[c]c12. The number of hydrogen-bond donors (Lipinski definition) is 0. The van der Waals surface area contributed by atoms with E-state index in [2.05, 4.69) is 51.1 Å². The average Bonchev–Trinajstić information content (AvgIpc) is 2.16. The Bertz CT molecular complexity index is 461. The minimum Gasteiger partial charge on any atom is -0.120 e. The predicted octanol–water partition coefficient (Wildman–Crippen LogP) is 4.53. The van der Waals surface area contributed by atoms with Crippen molar-refractivity contribution in [3.8, 4) is 0 Å². The van der Waals surface area contributed by atoms with Crippen LogP contribution in [0, 0.1) is 6.07 Å². The molecule has 2 rings (SSSR count). The van der Waals surface area contributed by atoms with Gasteiger partial charge in [0.15, 0.2) is 0 Å². The average molecular weight is 215 g/mol. The molecule has 0 aliphatic heterocycles. The van der Waals surface area contributed by atoms with Crippen molar-refractivity contribution in [1.82, 2.24) is 0 Å². The molecule has 0 saturated carbocycles. The zero-order valence-electron chi connectivity index (χ0n) is 9.37. The minimum atomic E-state index is 0.248. The van der Waals surface area contributed by atoms with Crippen LogP contribution in [-0.4, -0.2) is 4.75 Å². The molecule has 0 saturated heterocycles. The largest absolute Gasteiger partial charge is 0.120 e. The molecule has 0 fully saturated rings. The van der Waals surface area contributed by atoms with E-state index in [4.69, 9.17) is 0 Å². The summed E-state index contributed by atoms with van der Waals surface area (Å²) in [6, 6.07) is 15.9. The lowest BCUT2D eigenvalue weighted by Gasteiger charge is -2.18. The maximum Gasteiger partial charge on any atom is 0.0162 e. The Hall–Kier alpha value is -0.950. The van der Waals surface area contributed by atoms with Crippen LogP contribution < -0.4 is 0 Å². The van der Waals surface area contributed by atoms with E-state index in [9.17, 15) is 0 Å². The highest BCUT2D eigenvalue weighted by atomic mass is 32.2. The first-order valence-electron chi connectivity index (χ1n) is 5.15. The van der Waals surface area contributed by atoms with Crippen LogP contribution in [0.25, 0.3) is 10.8 Å². The van der Waals surface area contributed by atoms with Crippen molar-refractivity contribution >= 4 is 22.5 Å². The summed E-state index contributed by atoms with van der Waals surface area (Å²) in [5.74, 6) is 0. The van der Waals surface area contributed by atoms with Crippen molar-refractivity contribution in [2.24, 2.45) is 0 Å². The molecule has 0 unspecified atom stereocenters. The quantitative estimate of drug-likeness (QED) is 0.630. The van der Waals surface area contributed by atoms with E-state index in [1.807, 2.05) is 23.9 Å². The maximum absolute atomic E-state index is 3.32. The van der Waals surface area contributed by atoms with E-state index in [0.717, 1.165) is 0 Å². The normalized spacial score (nSPS) is 11.9. The fraction of sp³-hybridized carbons (Fsp3) is 0.286. The number of fused-ring (bicyclic) bond motifs is 1. The van der Waals surface area contributed by atoms with Crippen molar-refractivity contribution in [2.75, 3.05) is 0 Å². The molecule has 0 nitrogen and oxygen atoms in total. The summed E-state index contributed by atoms with van der Waals surface area (Å²) in [5.41, 5.74) is 0. The van der Waals surface area contributed by atoms with Gasteiger partial charge in [-0.25, -0.2) is 0 Å². The first-order valence-corrected chi connectivity index (χ1v) is 5.96. The number of benzene rings is 2. The van der Waals surface area contributed by atoms with Crippen molar-refractivity contribution in [3.63, 3.8) is 0 Å². The summed E-state index contributed by atoms with van der Waals surface area (Å²) in [4.78, 5) is 1.32. The number of rotatable bonds is 1. The van der Waals surface area contributed by atoms with Gasteiger partial charge in [-0.3, -0.25) is 0 Å². The van der Waals surface area contributed by atoms with Crippen LogP contribution >= 0.6 is 11.8 Å². The highest BCUT2D eigenvalue weighted by Crippen LogP contribution is 2.35. The van der Waals surface area contributed by atoms with Crippen LogP contribution in [-0.2, 0) is 0 Å². The van der Waals surface area contributed by atoms with Gasteiger partial charge in [0.2, 0.25) is 0 Å². The molecule has 0 heterocycles. The Labute approximate surface area is 95.7 Å². The Morgan fingerprint density at radius 2 is 1.80 bits per heavy atom. The third kappa shape index (κ3) is 2.54. The molecule has 0 bridgehead atoms. The highest BCUT2D eigenvalue weighted by Gasteiger charge is 2.13. The topological polar surface area (TPSA) is 0 Å². The monoisotopic (exact) mass is 215 g/mol. The van der Waals surface area contributed by atoms with Gasteiger partial charge < -0.3 is 0 Å². The van der Waals surface area contributed by atoms with Crippen LogP contribution in [0.4, 0.5) is 0 Å². The zero-order chi connectivity index (χ0) is 10.9. The standard InChI is InChI=1S/C14H15S/c1-14(2,3)15-13-10-6-8-11-7-4-5-9-12(11)13/h4-8,10H,1-3H3. The molecule has 2 aromatic rings. The first-order chi connectivity index (χ1) is 7.06. The van der Waals surface area contributed by atoms with Crippen LogP contribution in [0.15, 0.2) is 41.3 Å². The van der Waals surface area contributed by atoms with Crippen molar-refractivity contribution in [3.05, 3.63) is 42.5 Å². The maximum atomic E-state index is 3.32. The second-order valence-corrected chi connectivity index (χ2v) is 6.47. The summed E-state index contributed by atoms with van der Waals surface area (Å²) < 4.78 is 0.248. The Balaban J connectivity index is 2.52. The van der Waals surface area contributed by atoms with Gasteiger partial charge in [0.05, 0.1) is 0 Å². The number of thioether (sulfide) groups is 1. The molecular weight excluding hydrogens is 200 g/mol. The third-order valence-electron chi connectivity index (χ3n) is 2.07. The molecular formula is C14H15S. The molecule has 15 heavy (non-hydrogen) atoms. The van der Waals surface area contributed by atoms with E-state index in [1.165, 1.54) is 15.7 Å². The summed E-state index contributed by atoms with van der Waals surface area (Å²) in [7, 11) is 0. The van der Waals surface area contributed by atoms with Crippen LogP contribution in [0.3, 0.4) is 0 Å². The fourth-order valence-electron chi connectivity index (χ4n) is 1.54. The van der Waals surface area contributed by atoms with Crippen molar-refractivity contribution in [1.29, 1.82) is 0 Å². The molecule has 0 N–H and O–H groups in total. The molecule has 2 aromatic carbocycles. The summed E-state index contributed by atoms with van der Waals surface area (Å²) in [6.07, 6.45) is 0. The lowest BCUT2D eigenvalue weighted by molar-refractivity contribution is 0.803. The van der Waals surface area contributed by atoms with Gasteiger partial charge in [0, 0.05) is 15.0 Å². The zero-order valence-corrected chi connectivity index (χ0v) is 10.2. The molecule has 0 spiro atoms. The first kappa shape index (κ1) is 10.6. The van der Waals surface area contributed by atoms with E-state index in [0.29, 0.717) is 0 Å². The van der Waals surface area contributed by atoms with Crippen molar-refractivity contribution in [2.45, 2.75) is 30.4 Å². The van der Waals surface area contributed by atoms with Gasteiger partial charge >= 0.3 is 0 Å². The third-order valence-corrected chi connectivity index (χ3v) is 3.25. The number of hydrogen-bond acceptors (Lipinski definition) is 1. The molecule has 1 heteroatoms. The van der Waals surface area contributed by atoms with Gasteiger partial charge in [0.1, 0.15) is 0 Å². The van der Waals surface area contributed by atoms with Crippen LogP contribution in [0.2, 0.25) is 0 Å². The second kappa shape index (κ2) is 3.90. The molecule has 77 valence electrons. The molecule has 0 atom stereocenters. The van der Waals surface area contributed by atoms with Gasteiger partial charge in [-0.15, -0.1) is 11.8 Å². The minimum absolute atomic E-state index is 0.248. The Morgan fingerprint density at radius 3 is 2.53 bits per heavy atom. The molecule has 0 amide bonds. The van der Waals surface area contributed by atoms with Gasteiger partial charge in [-0.05, 0) is 17.5 Å². The molecule has 0 aliphatic carbocycles. The predicted molar refractivity (Wildman–Crippen MR) is 68.4 cm³/mol. The van der Waals surface area contributed by atoms with Crippen LogP contribution in [0.5, 0.6) is 0 Å². The van der Waals surface area contributed by atoms with E-state index in [-0.39, 0.29) is 4.75 Å². The van der Waals surface area contributed by atoms with Gasteiger partial charge in [-0.1, -0.05) is 51.1 Å². The highest BCUT2D eigenvalue weighted by molar-refractivity contribution is 8.00. The molecule has 0 aromatic heterocycles. The summed E-state index contributed by atoms with van der Waals surface area (Å²) >= 11 is 1.90. The van der Waals surface area contributed by atoms with E-state index >= 15 is 0 Å².